The summed E-state index contributed by atoms with van der Waals surface area (Å²) in [5.74, 6) is -3.20. The van der Waals surface area contributed by atoms with Crippen molar-refractivity contribution in [3.05, 3.63) is 6.92 Å². The van der Waals surface area contributed by atoms with E-state index in [4.69, 9.17) is 10.2 Å². The highest BCUT2D eigenvalue weighted by Crippen LogP contribution is 2.15. The summed E-state index contributed by atoms with van der Waals surface area (Å²) in [5.41, 5.74) is 0. The van der Waals surface area contributed by atoms with Gasteiger partial charge in [0.2, 0.25) is 0 Å². The van der Waals surface area contributed by atoms with Crippen molar-refractivity contribution >= 4 is 11.9 Å². The predicted octanol–water partition coefficient (Wildman–Crippen LogP) is 1.02. The van der Waals surface area contributed by atoms with Crippen LogP contribution >= 0.6 is 0 Å². The molecule has 0 aliphatic heterocycles. The van der Waals surface area contributed by atoms with Crippen molar-refractivity contribution in [2.24, 2.45) is 11.8 Å². The third kappa shape index (κ3) is 3.37. The van der Waals surface area contributed by atoms with Gasteiger partial charge in [0.05, 0.1) is 11.8 Å². The van der Waals surface area contributed by atoms with Crippen LogP contribution in [-0.4, -0.2) is 22.2 Å². The van der Waals surface area contributed by atoms with Crippen LogP contribution in [0, 0.1) is 18.8 Å². The van der Waals surface area contributed by atoms with E-state index in [0.29, 0.717) is 0 Å². The quantitative estimate of drug-likeness (QED) is 0.651. The van der Waals surface area contributed by atoms with Gasteiger partial charge in [0.1, 0.15) is 0 Å². The van der Waals surface area contributed by atoms with Gasteiger partial charge in [-0.1, -0.05) is 13.8 Å². The highest BCUT2D eigenvalue weighted by Gasteiger charge is 2.21. The SMILES string of the molecule is [CH2]CC(CC(C)C(=O)O)C(=O)O. The summed E-state index contributed by atoms with van der Waals surface area (Å²) in [7, 11) is 0. The molecule has 1 radical (unpaired) electrons. The monoisotopic (exact) mass is 173 g/mol. The lowest BCUT2D eigenvalue weighted by atomic mass is 9.94. The molecule has 2 atom stereocenters. The number of aliphatic carboxylic acids is 2. The molecule has 0 bridgehead atoms. The predicted molar refractivity (Wildman–Crippen MR) is 42.5 cm³/mol. The van der Waals surface area contributed by atoms with Gasteiger partial charge in [-0.2, -0.15) is 0 Å². The topological polar surface area (TPSA) is 74.6 Å². The second kappa shape index (κ2) is 4.74. The minimum absolute atomic E-state index is 0.147. The lowest BCUT2D eigenvalue weighted by Gasteiger charge is -2.11. The first-order valence-electron chi connectivity index (χ1n) is 3.73. The molecule has 2 N–H and O–H groups in total. The molecule has 2 unspecified atom stereocenters. The Kier molecular flexibility index (Phi) is 4.33. The third-order valence-electron chi connectivity index (χ3n) is 1.76. The summed E-state index contributed by atoms with van der Waals surface area (Å²) < 4.78 is 0. The number of hydrogen-bond acceptors (Lipinski definition) is 2. The van der Waals surface area contributed by atoms with E-state index in [9.17, 15) is 9.59 Å². The van der Waals surface area contributed by atoms with E-state index in [-0.39, 0.29) is 12.8 Å². The summed E-state index contributed by atoms with van der Waals surface area (Å²) in [6, 6.07) is 0. The Balaban J connectivity index is 4.02. The Bertz CT molecular complexity index is 176. The number of hydrogen-bond donors (Lipinski definition) is 2. The summed E-state index contributed by atoms with van der Waals surface area (Å²) >= 11 is 0. The molecule has 0 saturated heterocycles. The Morgan fingerprint density at radius 1 is 1.33 bits per heavy atom. The molecule has 0 heterocycles. The van der Waals surface area contributed by atoms with E-state index < -0.39 is 23.8 Å². The maximum atomic E-state index is 10.5. The maximum absolute atomic E-state index is 10.5. The Hall–Kier alpha value is -1.06. The van der Waals surface area contributed by atoms with Gasteiger partial charge in [-0.25, -0.2) is 0 Å². The van der Waals surface area contributed by atoms with Crippen molar-refractivity contribution in [3.63, 3.8) is 0 Å². The summed E-state index contributed by atoms with van der Waals surface area (Å²) in [4.78, 5) is 20.8. The van der Waals surface area contributed by atoms with E-state index in [2.05, 4.69) is 6.92 Å². The van der Waals surface area contributed by atoms with E-state index in [0.717, 1.165) is 0 Å². The van der Waals surface area contributed by atoms with Crippen LogP contribution < -0.4 is 0 Å². The molecule has 0 spiro atoms. The first kappa shape index (κ1) is 10.9. The molecule has 69 valence electrons. The number of carboxylic acids is 2. The van der Waals surface area contributed by atoms with E-state index in [1.165, 1.54) is 6.92 Å². The van der Waals surface area contributed by atoms with Gasteiger partial charge < -0.3 is 10.2 Å². The van der Waals surface area contributed by atoms with Crippen LogP contribution in [0.3, 0.4) is 0 Å². The molecule has 0 aliphatic rings. The fourth-order valence-electron chi connectivity index (χ4n) is 0.870. The molecule has 4 heteroatoms. The van der Waals surface area contributed by atoms with Gasteiger partial charge in [-0.05, 0) is 12.8 Å². The zero-order valence-corrected chi connectivity index (χ0v) is 6.99. The molecule has 12 heavy (non-hydrogen) atoms. The minimum Gasteiger partial charge on any atom is -0.481 e. The molecule has 0 rings (SSSR count). The average Bonchev–Trinajstić information content (AvgIpc) is 1.98. The van der Waals surface area contributed by atoms with Crippen LogP contribution in [0.15, 0.2) is 0 Å². The standard InChI is InChI=1S/C8H13O4/c1-3-6(8(11)12)4-5(2)7(9)10/h5-6H,1,3-4H2,2H3,(H,9,10)(H,11,12). The van der Waals surface area contributed by atoms with Crippen LogP contribution in [0.2, 0.25) is 0 Å². The molecule has 0 aromatic carbocycles. The third-order valence-corrected chi connectivity index (χ3v) is 1.76. The van der Waals surface area contributed by atoms with Crippen LogP contribution in [0.1, 0.15) is 19.8 Å². The first-order chi connectivity index (χ1) is 5.49. The Labute approximate surface area is 71.2 Å². The van der Waals surface area contributed by atoms with E-state index in [1.807, 2.05) is 0 Å². The van der Waals surface area contributed by atoms with Crippen molar-refractivity contribution in [1.29, 1.82) is 0 Å². The molecular formula is C8H13O4. The van der Waals surface area contributed by atoms with Crippen LogP contribution in [0.4, 0.5) is 0 Å². The molecule has 4 nitrogen and oxygen atoms in total. The largest absolute Gasteiger partial charge is 0.481 e. The lowest BCUT2D eigenvalue weighted by Crippen LogP contribution is -2.20. The average molecular weight is 173 g/mol. The van der Waals surface area contributed by atoms with Crippen molar-refractivity contribution in [2.75, 3.05) is 0 Å². The highest BCUT2D eigenvalue weighted by atomic mass is 16.4. The van der Waals surface area contributed by atoms with E-state index in [1.54, 1.807) is 0 Å². The first-order valence-corrected chi connectivity index (χ1v) is 3.73. The van der Waals surface area contributed by atoms with Gasteiger partial charge in [0.25, 0.3) is 0 Å². The molecule has 0 aromatic rings. The van der Waals surface area contributed by atoms with Crippen LogP contribution in [-0.2, 0) is 9.59 Å². The van der Waals surface area contributed by atoms with E-state index >= 15 is 0 Å². The van der Waals surface area contributed by atoms with Crippen LogP contribution in [0.5, 0.6) is 0 Å². The fraction of sp³-hybridized carbons (Fsp3) is 0.625. The molecule has 0 amide bonds. The van der Waals surface area contributed by atoms with Gasteiger partial charge >= 0.3 is 11.9 Å². The van der Waals surface area contributed by atoms with Crippen LogP contribution in [0.25, 0.3) is 0 Å². The number of rotatable bonds is 5. The second-order valence-electron chi connectivity index (χ2n) is 2.80. The summed E-state index contributed by atoms with van der Waals surface area (Å²) in [6.07, 6.45) is 0.376. The van der Waals surface area contributed by atoms with Gasteiger partial charge in [-0.15, -0.1) is 0 Å². The summed E-state index contributed by atoms with van der Waals surface area (Å²) in [6.45, 7) is 4.94. The van der Waals surface area contributed by atoms with Gasteiger partial charge in [0, 0.05) is 0 Å². The number of carboxylic acid groups (broad SMARTS) is 2. The lowest BCUT2D eigenvalue weighted by molar-refractivity contribution is -0.145. The zero-order chi connectivity index (χ0) is 9.72. The summed E-state index contributed by atoms with van der Waals surface area (Å²) in [5, 5.41) is 17.1. The van der Waals surface area contributed by atoms with Gasteiger partial charge in [-0.3, -0.25) is 9.59 Å². The molecule has 0 fully saturated rings. The molecule has 0 aliphatic carbocycles. The molecule has 0 saturated carbocycles. The van der Waals surface area contributed by atoms with Crippen molar-refractivity contribution in [3.8, 4) is 0 Å². The highest BCUT2D eigenvalue weighted by molar-refractivity contribution is 5.73. The Morgan fingerprint density at radius 2 is 1.83 bits per heavy atom. The zero-order valence-electron chi connectivity index (χ0n) is 6.99. The Morgan fingerprint density at radius 3 is 2.08 bits per heavy atom. The van der Waals surface area contributed by atoms with Crippen molar-refractivity contribution in [1.82, 2.24) is 0 Å². The number of carbonyl (C=O) groups is 2. The van der Waals surface area contributed by atoms with Gasteiger partial charge in [0.15, 0.2) is 0 Å². The van der Waals surface area contributed by atoms with Crippen molar-refractivity contribution < 1.29 is 19.8 Å². The molecular weight excluding hydrogens is 160 g/mol. The fourth-order valence-corrected chi connectivity index (χ4v) is 0.870. The van der Waals surface area contributed by atoms with Crippen molar-refractivity contribution in [2.45, 2.75) is 19.8 Å². The minimum atomic E-state index is -0.974. The maximum Gasteiger partial charge on any atom is 0.306 e. The normalized spacial score (nSPS) is 15.2. The smallest absolute Gasteiger partial charge is 0.306 e. The second-order valence-corrected chi connectivity index (χ2v) is 2.80. The molecule has 0 aromatic heterocycles.